The Balaban J connectivity index is 1.98. The first-order valence-electron chi connectivity index (χ1n) is 10.8. The molecule has 0 fully saturated rings. The maximum Gasteiger partial charge on any atom is 0.305 e. The van der Waals surface area contributed by atoms with Gasteiger partial charge in [0.05, 0.1) is 24.4 Å². The molecule has 6 nitrogen and oxygen atoms in total. The van der Waals surface area contributed by atoms with Gasteiger partial charge in [-0.25, -0.2) is 4.39 Å². The van der Waals surface area contributed by atoms with E-state index < -0.39 is 32.0 Å². The number of halogens is 1. The van der Waals surface area contributed by atoms with Gasteiger partial charge in [-0.05, 0) is 72.6 Å². The summed E-state index contributed by atoms with van der Waals surface area (Å²) in [5.74, 6) is -1.29. The number of aliphatic carboxylic acids is 1. The Morgan fingerprint density at radius 1 is 1.23 bits per heavy atom. The number of fused-ring (bicyclic) bond motifs is 1. The van der Waals surface area contributed by atoms with Gasteiger partial charge in [0, 0.05) is 18.4 Å². The summed E-state index contributed by atoms with van der Waals surface area (Å²) in [4.78, 5) is 21.2. The van der Waals surface area contributed by atoms with E-state index in [9.17, 15) is 23.7 Å². The predicted molar refractivity (Wildman–Crippen MR) is 118 cm³/mol. The molecule has 2 aromatic rings. The normalized spacial score (nSPS) is 16.7. The fourth-order valence-electron chi connectivity index (χ4n) is 4.67. The molecule has 0 radical (unpaired) electrons. The van der Waals surface area contributed by atoms with Crippen LogP contribution in [-0.4, -0.2) is 44.1 Å². The van der Waals surface area contributed by atoms with E-state index in [2.05, 4.69) is 18.4 Å². The van der Waals surface area contributed by atoms with Crippen LogP contribution in [0.2, 0.25) is 0 Å². The maximum absolute atomic E-state index is 13.5. The lowest BCUT2D eigenvalue weighted by Gasteiger charge is -2.20. The van der Waals surface area contributed by atoms with Crippen molar-refractivity contribution in [2.45, 2.75) is 64.5 Å². The fourth-order valence-corrected chi connectivity index (χ4v) is 6.21. The summed E-state index contributed by atoms with van der Waals surface area (Å²) in [7, 11) is -3.73. The molecule has 1 aliphatic rings. The third kappa shape index (κ3) is 5.65. The second kappa shape index (κ2) is 9.68. The smallest absolute Gasteiger partial charge is 0.305 e. The van der Waals surface area contributed by atoms with Gasteiger partial charge < -0.3 is 19.7 Å². The van der Waals surface area contributed by atoms with Crippen molar-refractivity contribution in [2.24, 2.45) is 0 Å². The molecule has 31 heavy (non-hydrogen) atoms. The summed E-state index contributed by atoms with van der Waals surface area (Å²) < 4.78 is 28.6. The molecular formula is C23H31FNO5P. The highest BCUT2D eigenvalue weighted by molar-refractivity contribution is 7.58. The minimum Gasteiger partial charge on any atom is -0.481 e. The molecule has 0 spiro atoms. The second-order valence-electron chi connectivity index (χ2n) is 8.71. The summed E-state index contributed by atoms with van der Waals surface area (Å²) in [6.45, 7) is 5.08. The lowest BCUT2D eigenvalue weighted by molar-refractivity contribution is -0.138. The van der Waals surface area contributed by atoms with E-state index in [1.165, 1.54) is 23.4 Å². The molecule has 1 unspecified atom stereocenters. The summed E-state index contributed by atoms with van der Waals surface area (Å²) >= 11 is 0. The minimum absolute atomic E-state index is 0.0406. The zero-order valence-electron chi connectivity index (χ0n) is 18.1. The highest BCUT2D eigenvalue weighted by Gasteiger charge is 2.30. The van der Waals surface area contributed by atoms with Crippen LogP contribution in [0.3, 0.4) is 0 Å². The molecular weight excluding hydrogens is 420 g/mol. The molecule has 1 aromatic heterocycles. The molecule has 2 heterocycles. The van der Waals surface area contributed by atoms with Crippen LogP contribution < -0.4 is 0 Å². The summed E-state index contributed by atoms with van der Waals surface area (Å²) in [6, 6.07) is 6.34. The van der Waals surface area contributed by atoms with Gasteiger partial charge in [-0.1, -0.05) is 13.8 Å². The fraction of sp³-hybridized carbons (Fsp3) is 0.522. The first-order chi connectivity index (χ1) is 14.6. The van der Waals surface area contributed by atoms with Gasteiger partial charge in [-0.2, -0.15) is 0 Å². The van der Waals surface area contributed by atoms with Crippen LogP contribution in [0.25, 0.3) is 11.3 Å². The Morgan fingerprint density at radius 2 is 1.90 bits per heavy atom. The van der Waals surface area contributed by atoms with Crippen molar-refractivity contribution in [3.05, 3.63) is 46.9 Å². The zero-order valence-corrected chi connectivity index (χ0v) is 18.9. The van der Waals surface area contributed by atoms with Gasteiger partial charge in [0.2, 0.25) is 7.37 Å². The van der Waals surface area contributed by atoms with E-state index in [1.54, 1.807) is 12.1 Å². The number of carbonyl (C=O) groups is 1. The molecule has 3 N–H and O–H groups in total. The molecule has 8 heteroatoms. The third-order valence-electron chi connectivity index (χ3n) is 5.88. The van der Waals surface area contributed by atoms with Crippen LogP contribution in [0, 0.1) is 5.82 Å². The largest absolute Gasteiger partial charge is 0.481 e. The lowest BCUT2D eigenvalue weighted by Crippen LogP contribution is -2.18. The quantitative estimate of drug-likeness (QED) is 0.491. The highest BCUT2D eigenvalue weighted by atomic mass is 31.2. The van der Waals surface area contributed by atoms with Crippen LogP contribution >= 0.6 is 7.37 Å². The van der Waals surface area contributed by atoms with Crippen LogP contribution in [0.4, 0.5) is 4.39 Å². The van der Waals surface area contributed by atoms with Crippen molar-refractivity contribution in [2.75, 3.05) is 12.3 Å². The molecule has 2 atom stereocenters. The number of rotatable bonds is 9. The monoisotopic (exact) mass is 451 g/mol. The van der Waals surface area contributed by atoms with Gasteiger partial charge in [0.1, 0.15) is 5.82 Å². The van der Waals surface area contributed by atoms with Crippen LogP contribution in [0.15, 0.2) is 24.3 Å². The van der Waals surface area contributed by atoms with Crippen molar-refractivity contribution in [3.8, 4) is 11.3 Å². The summed E-state index contributed by atoms with van der Waals surface area (Å²) in [6.07, 6.45) is 1.04. The Hall–Kier alpha value is -1.95. The zero-order chi connectivity index (χ0) is 22.8. The van der Waals surface area contributed by atoms with E-state index in [0.29, 0.717) is 6.42 Å². The standard InChI is InChI=1S/C23H31FNO5P/c1-15(2)22-19(10-12-31(29,30)14-18(26)13-21(27)28)23(16-6-8-17(24)9-7-16)25-11-4-3-5-20(22)25/h6-9,15,18,26H,3-5,10-14H2,1-2H3,(H,27,28)(H,29,30)/t18-/m0/s1. The van der Waals surface area contributed by atoms with Gasteiger partial charge >= 0.3 is 5.97 Å². The van der Waals surface area contributed by atoms with Crippen LogP contribution in [-0.2, 0) is 28.7 Å². The van der Waals surface area contributed by atoms with Crippen LogP contribution in [0.1, 0.15) is 55.8 Å². The van der Waals surface area contributed by atoms with Gasteiger partial charge in [0.25, 0.3) is 0 Å². The van der Waals surface area contributed by atoms with E-state index in [0.717, 1.165) is 42.6 Å². The number of aromatic nitrogens is 1. The number of hydrogen-bond donors (Lipinski definition) is 3. The summed E-state index contributed by atoms with van der Waals surface area (Å²) in [5.41, 5.74) is 5.29. The molecule has 0 saturated heterocycles. The Labute approximate surface area is 182 Å². The van der Waals surface area contributed by atoms with E-state index >= 15 is 0 Å². The van der Waals surface area contributed by atoms with Gasteiger partial charge in [-0.15, -0.1) is 0 Å². The van der Waals surface area contributed by atoms with Gasteiger partial charge in [-0.3, -0.25) is 9.36 Å². The van der Waals surface area contributed by atoms with Crippen molar-refractivity contribution in [1.29, 1.82) is 0 Å². The number of aliphatic hydroxyl groups excluding tert-OH is 1. The average Bonchev–Trinajstić information content (AvgIpc) is 3.00. The van der Waals surface area contributed by atoms with Crippen molar-refractivity contribution < 1.29 is 28.9 Å². The van der Waals surface area contributed by atoms with Crippen molar-refractivity contribution >= 4 is 13.3 Å². The molecule has 3 rings (SSSR count). The molecule has 0 amide bonds. The molecule has 1 aromatic carbocycles. The van der Waals surface area contributed by atoms with E-state index in [-0.39, 0.29) is 17.9 Å². The third-order valence-corrected chi connectivity index (χ3v) is 7.79. The molecule has 0 saturated carbocycles. The average molecular weight is 451 g/mol. The molecule has 170 valence electrons. The minimum atomic E-state index is -3.73. The maximum atomic E-state index is 13.5. The SMILES string of the molecule is CC(C)c1c(CCP(=O)(O)C[C@@H](O)CC(=O)O)c(-c2ccc(F)cc2)n2c1CCCC2. The topological polar surface area (TPSA) is 99.8 Å². The number of aliphatic hydroxyl groups is 1. The van der Waals surface area contributed by atoms with E-state index in [4.69, 9.17) is 5.11 Å². The van der Waals surface area contributed by atoms with Crippen molar-refractivity contribution in [3.63, 3.8) is 0 Å². The summed E-state index contributed by atoms with van der Waals surface area (Å²) in [5, 5.41) is 18.6. The van der Waals surface area contributed by atoms with Gasteiger partial charge in [0.15, 0.2) is 0 Å². The second-order valence-corrected chi connectivity index (χ2v) is 11.2. The highest BCUT2D eigenvalue weighted by Crippen LogP contribution is 2.45. The Kier molecular flexibility index (Phi) is 7.40. The molecule has 0 aliphatic carbocycles. The number of carboxylic acid groups (broad SMARTS) is 1. The lowest BCUT2D eigenvalue weighted by atomic mass is 9.93. The number of carboxylic acids is 1. The van der Waals surface area contributed by atoms with Crippen LogP contribution in [0.5, 0.6) is 0 Å². The number of benzene rings is 1. The van der Waals surface area contributed by atoms with E-state index in [1.807, 2.05) is 0 Å². The molecule has 0 bridgehead atoms. The van der Waals surface area contributed by atoms with Crippen molar-refractivity contribution in [1.82, 2.24) is 4.57 Å². The Bertz CT molecular complexity index is 983. The number of nitrogens with zero attached hydrogens (tertiary/aromatic N) is 1. The predicted octanol–water partition coefficient (Wildman–Crippen LogP) is 4.40. The first kappa shape index (κ1) is 23.7. The Morgan fingerprint density at radius 3 is 2.52 bits per heavy atom. The molecule has 1 aliphatic heterocycles. The first-order valence-corrected chi connectivity index (χ1v) is 12.8. The number of hydrogen-bond acceptors (Lipinski definition) is 3.